The fraction of sp³-hybridized carbons (Fsp3) is 0.227. The Balaban J connectivity index is 1.72. The number of pyridine rings is 1. The number of fused-ring (bicyclic) bond motifs is 1. The lowest BCUT2D eigenvalue weighted by molar-refractivity contribution is -0.630. The minimum absolute atomic E-state index is 0.231. The van der Waals surface area contributed by atoms with Gasteiger partial charge in [-0.15, -0.1) is 0 Å². The number of aromatic nitrogens is 3. The van der Waals surface area contributed by atoms with Crippen molar-refractivity contribution in [2.45, 2.75) is 27.3 Å². The van der Waals surface area contributed by atoms with Crippen molar-refractivity contribution >= 4 is 23.1 Å². The lowest BCUT2D eigenvalue weighted by atomic mass is 9.96. The minimum Gasteiger partial charge on any atom is -0.692 e. The molecule has 0 radical (unpaired) electrons. The molecule has 32 heavy (non-hydrogen) atoms. The van der Waals surface area contributed by atoms with Crippen LogP contribution in [-0.4, -0.2) is 48.5 Å². The predicted octanol–water partition coefficient (Wildman–Crippen LogP) is 2.19. The van der Waals surface area contributed by atoms with Crippen molar-refractivity contribution in [2.75, 3.05) is 6.67 Å². The van der Waals surface area contributed by atoms with Crippen LogP contribution in [0.1, 0.15) is 33.9 Å². The van der Waals surface area contributed by atoms with Crippen LogP contribution in [-0.2, 0) is 6.54 Å². The number of hydrogen-bond acceptors (Lipinski definition) is 9. The van der Waals surface area contributed by atoms with Gasteiger partial charge in [-0.2, -0.15) is 19.7 Å². The van der Waals surface area contributed by atoms with E-state index in [4.69, 9.17) is 15.4 Å². The monoisotopic (exact) mass is 430 g/mol. The molecule has 0 bridgehead atoms. The topological polar surface area (TPSA) is 123 Å². The number of nitrogens with two attached hydrogens (primary N) is 1. The standard InChI is InChI=1S/C22H22N8O2/c1-13-9-17(10-14(2)24-13)19-20(16-7-5-4-6-8-16)25-22(23)29-12-28(30(31)21(19)29)11-18-15(3)26-32-27-18/h4-10H,11-12H2,1-3H3,(H2,23,25). The lowest BCUT2D eigenvalue weighted by Gasteiger charge is -2.21. The first-order valence-electron chi connectivity index (χ1n) is 10.2. The highest BCUT2D eigenvalue weighted by Gasteiger charge is 2.44. The molecule has 5 rings (SSSR count). The second-order valence-electron chi connectivity index (χ2n) is 7.83. The third-order valence-corrected chi connectivity index (χ3v) is 5.46. The van der Waals surface area contributed by atoms with Crippen molar-refractivity contribution in [3.8, 4) is 0 Å². The fourth-order valence-corrected chi connectivity index (χ4v) is 4.00. The highest BCUT2D eigenvalue weighted by molar-refractivity contribution is 6.33. The molecule has 0 amide bonds. The smallest absolute Gasteiger partial charge is 0.318 e. The number of benzene rings is 1. The molecule has 0 aliphatic carbocycles. The van der Waals surface area contributed by atoms with Gasteiger partial charge in [0.25, 0.3) is 5.96 Å². The average Bonchev–Trinajstić information content (AvgIpc) is 3.32. The number of rotatable bonds is 4. The lowest BCUT2D eigenvalue weighted by Crippen LogP contribution is -2.44. The number of aliphatic imine (C=N–C) groups is 1. The first-order valence-corrected chi connectivity index (χ1v) is 10.2. The molecule has 10 heteroatoms. The van der Waals surface area contributed by atoms with Gasteiger partial charge in [0.2, 0.25) is 0 Å². The summed E-state index contributed by atoms with van der Waals surface area (Å²) >= 11 is 0. The first kappa shape index (κ1) is 19.7. The first-order chi connectivity index (χ1) is 15.4. The summed E-state index contributed by atoms with van der Waals surface area (Å²) in [4.78, 5) is 11.8. The summed E-state index contributed by atoms with van der Waals surface area (Å²) in [6.07, 6.45) is 0. The Hall–Kier alpha value is -4.21. The van der Waals surface area contributed by atoms with Crippen LogP contribution in [0.3, 0.4) is 0 Å². The van der Waals surface area contributed by atoms with Crippen LogP contribution in [0.25, 0.3) is 11.3 Å². The van der Waals surface area contributed by atoms with Crippen LogP contribution in [0.4, 0.5) is 0 Å². The molecule has 0 saturated heterocycles. The largest absolute Gasteiger partial charge is 0.692 e. The normalized spacial score (nSPS) is 16.0. The van der Waals surface area contributed by atoms with Crippen molar-refractivity contribution in [3.05, 3.63) is 81.6 Å². The Bertz CT molecular complexity index is 1270. The van der Waals surface area contributed by atoms with Crippen LogP contribution < -0.4 is 5.73 Å². The summed E-state index contributed by atoms with van der Waals surface area (Å²) in [7, 11) is 0. The van der Waals surface area contributed by atoms with Gasteiger partial charge in [0.05, 0.1) is 5.70 Å². The van der Waals surface area contributed by atoms with Crippen LogP contribution >= 0.6 is 0 Å². The van der Waals surface area contributed by atoms with Crippen molar-refractivity contribution in [1.82, 2.24) is 25.2 Å². The number of amidine groups is 1. The zero-order valence-electron chi connectivity index (χ0n) is 18.0. The Kier molecular flexibility index (Phi) is 4.62. The van der Waals surface area contributed by atoms with E-state index in [1.165, 1.54) is 0 Å². The summed E-state index contributed by atoms with van der Waals surface area (Å²) in [5.41, 5.74) is 12.3. The molecule has 2 aliphatic rings. The zero-order chi connectivity index (χ0) is 22.4. The van der Waals surface area contributed by atoms with Gasteiger partial charge in [-0.25, -0.2) is 4.63 Å². The van der Waals surface area contributed by atoms with Crippen molar-refractivity contribution < 1.29 is 9.48 Å². The Morgan fingerprint density at radius 3 is 2.44 bits per heavy atom. The van der Waals surface area contributed by atoms with Gasteiger partial charge in [0, 0.05) is 17.0 Å². The molecule has 2 aromatic heterocycles. The summed E-state index contributed by atoms with van der Waals surface area (Å²) in [6, 6.07) is 13.6. The van der Waals surface area contributed by atoms with E-state index in [9.17, 15) is 5.21 Å². The van der Waals surface area contributed by atoms with E-state index in [0.717, 1.165) is 27.4 Å². The van der Waals surface area contributed by atoms with Crippen LogP contribution in [0.2, 0.25) is 0 Å². The minimum atomic E-state index is 0.231. The average molecular weight is 430 g/mol. The Morgan fingerprint density at radius 1 is 1.06 bits per heavy atom. The quantitative estimate of drug-likeness (QED) is 0.494. The summed E-state index contributed by atoms with van der Waals surface area (Å²) in [5.74, 6) is 0.666. The number of hydrogen-bond donors (Lipinski definition) is 1. The molecule has 1 aromatic carbocycles. The van der Waals surface area contributed by atoms with Crippen LogP contribution in [0, 0.1) is 26.0 Å². The van der Waals surface area contributed by atoms with E-state index in [-0.39, 0.29) is 19.2 Å². The van der Waals surface area contributed by atoms with Gasteiger partial charge < -0.3 is 10.9 Å². The molecular weight excluding hydrogens is 408 g/mol. The Morgan fingerprint density at radius 2 is 1.78 bits per heavy atom. The number of hydrazine groups is 1. The molecular formula is C22H22N8O2. The van der Waals surface area contributed by atoms with Crippen molar-refractivity contribution in [1.29, 1.82) is 0 Å². The molecule has 2 N–H and O–H groups in total. The molecule has 3 aromatic rings. The zero-order valence-corrected chi connectivity index (χ0v) is 18.0. The summed E-state index contributed by atoms with van der Waals surface area (Å²) in [6.45, 7) is 6.11. The Labute approximate surface area is 184 Å². The van der Waals surface area contributed by atoms with Gasteiger partial charge in [0.15, 0.2) is 6.67 Å². The molecule has 0 spiro atoms. The molecule has 162 valence electrons. The molecule has 4 heterocycles. The molecule has 10 nitrogen and oxygen atoms in total. The number of nitrogens with zero attached hydrogens (tertiary/aromatic N) is 7. The van der Waals surface area contributed by atoms with Crippen molar-refractivity contribution in [3.63, 3.8) is 0 Å². The molecule has 0 atom stereocenters. The maximum Gasteiger partial charge on any atom is 0.318 e. The predicted molar refractivity (Wildman–Crippen MR) is 119 cm³/mol. The number of hydrazone groups is 1. The van der Waals surface area contributed by atoms with Crippen molar-refractivity contribution in [2.24, 2.45) is 10.7 Å². The van der Waals surface area contributed by atoms with Gasteiger partial charge in [-0.1, -0.05) is 40.6 Å². The van der Waals surface area contributed by atoms with E-state index in [2.05, 4.69) is 15.3 Å². The van der Waals surface area contributed by atoms with E-state index in [0.29, 0.717) is 28.5 Å². The van der Waals surface area contributed by atoms with E-state index in [1.54, 1.807) is 16.8 Å². The summed E-state index contributed by atoms with van der Waals surface area (Å²) < 4.78 is 4.79. The van der Waals surface area contributed by atoms with E-state index < -0.39 is 0 Å². The third-order valence-electron chi connectivity index (χ3n) is 5.46. The van der Waals surface area contributed by atoms with E-state index in [1.807, 2.05) is 56.3 Å². The molecule has 2 aliphatic heterocycles. The molecule has 0 fully saturated rings. The van der Waals surface area contributed by atoms with Gasteiger partial charge in [-0.3, -0.25) is 4.98 Å². The maximum atomic E-state index is 13.6. The SMILES string of the molecule is Cc1cc(C2=C(c3ccccc3)N=C(N)N3CN(Cc4nonc4C)[N+]([O-])=C23)cc(C)n1. The maximum absolute atomic E-state index is 13.6. The highest BCUT2D eigenvalue weighted by atomic mass is 16.6. The van der Waals surface area contributed by atoms with Crippen LogP contribution in [0.5, 0.6) is 0 Å². The second-order valence-corrected chi connectivity index (χ2v) is 7.83. The van der Waals surface area contributed by atoms with Gasteiger partial charge >= 0.3 is 5.84 Å². The van der Waals surface area contributed by atoms with Crippen LogP contribution in [0.15, 0.2) is 52.1 Å². The highest BCUT2D eigenvalue weighted by Crippen LogP contribution is 2.35. The van der Waals surface area contributed by atoms with E-state index >= 15 is 0 Å². The van der Waals surface area contributed by atoms with Gasteiger partial charge in [-0.05, 0) is 38.5 Å². The molecule has 0 saturated carbocycles. The number of guanidine groups is 1. The second kappa shape index (κ2) is 7.49. The third kappa shape index (κ3) is 3.25. The fourth-order valence-electron chi connectivity index (χ4n) is 4.00. The number of aryl methyl sites for hydroxylation is 3. The summed E-state index contributed by atoms with van der Waals surface area (Å²) in [5, 5.41) is 22.9. The molecule has 0 unspecified atom stereocenters. The van der Waals surface area contributed by atoms with Gasteiger partial charge in [0.1, 0.15) is 23.5 Å².